The normalized spacial score (nSPS) is 10.3. The fraction of sp³-hybridized carbons (Fsp3) is 0.133. The third kappa shape index (κ3) is 3.58. The Morgan fingerprint density at radius 2 is 1.71 bits per heavy atom. The van der Waals surface area contributed by atoms with Crippen molar-refractivity contribution in [2.45, 2.75) is 0 Å². The van der Waals surface area contributed by atoms with Gasteiger partial charge in [0, 0.05) is 31.4 Å². The Morgan fingerprint density at radius 3 is 2.29 bits per heavy atom. The summed E-state index contributed by atoms with van der Waals surface area (Å²) >= 11 is 2.88. The van der Waals surface area contributed by atoms with Gasteiger partial charge in [-0.15, -0.1) is 0 Å². The van der Waals surface area contributed by atoms with Crippen molar-refractivity contribution in [2.24, 2.45) is 0 Å². The quantitative estimate of drug-likeness (QED) is 0.843. The zero-order valence-corrected chi connectivity index (χ0v) is 13.0. The number of hydrogen-bond donors (Lipinski definition) is 1. The monoisotopic (exact) mass is 354 g/mol. The Labute approximate surface area is 129 Å². The summed E-state index contributed by atoms with van der Waals surface area (Å²) in [5, 5.41) is 2.35. The molecule has 0 fully saturated rings. The highest BCUT2D eigenvalue weighted by Crippen LogP contribution is 2.24. The summed E-state index contributed by atoms with van der Waals surface area (Å²) in [6, 6.07) is 8.70. The molecular weight excluding hydrogens is 342 g/mol. The number of nitrogens with one attached hydrogen (secondary N) is 1. The fourth-order valence-electron chi connectivity index (χ4n) is 1.72. The molecule has 0 unspecified atom stereocenters. The molecule has 110 valence electrons. The fourth-order valence-corrected chi connectivity index (χ4v) is 2.04. The molecular formula is C15H13BrF2N2O. The predicted octanol–water partition coefficient (Wildman–Crippen LogP) is 4.05. The van der Waals surface area contributed by atoms with E-state index in [9.17, 15) is 13.6 Å². The zero-order chi connectivity index (χ0) is 15.6. The standard InChI is InChI=1S/C15H13BrF2N2O/c1-20(2)10-5-3-9(4-6-10)15(21)19-14-8-12(17)11(16)7-13(14)18/h3-8H,1-2H3,(H,19,21). The Kier molecular flexibility index (Phi) is 4.57. The zero-order valence-electron chi connectivity index (χ0n) is 11.5. The van der Waals surface area contributed by atoms with Crippen LogP contribution in [0.4, 0.5) is 20.2 Å². The molecule has 6 heteroatoms. The second-order valence-electron chi connectivity index (χ2n) is 4.64. The lowest BCUT2D eigenvalue weighted by Crippen LogP contribution is -2.14. The van der Waals surface area contributed by atoms with Gasteiger partial charge in [-0.2, -0.15) is 0 Å². The molecule has 0 radical (unpaired) electrons. The number of benzene rings is 2. The predicted molar refractivity (Wildman–Crippen MR) is 82.8 cm³/mol. The molecule has 0 aromatic heterocycles. The van der Waals surface area contributed by atoms with Gasteiger partial charge in [-0.1, -0.05) is 0 Å². The highest BCUT2D eigenvalue weighted by Gasteiger charge is 2.12. The van der Waals surface area contributed by atoms with E-state index >= 15 is 0 Å². The van der Waals surface area contributed by atoms with Crippen LogP contribution in [0.15, 0.2) is 40.9 Å². The molecule has 0 aliphatic rings. The lowest BCUT2D eigenvalue weighted by atomic mass is 10.2. The van der Waals surface area contributed by atoms with Crippen molar-refractivity contribution in [3.05, 3.63) is 58.1 Å². The van der Waals surface area contributed by atoms with E-state index in [1.54, 1.807) is 24.3 Å². The number of carbonyl (C=O) groups excluding carboxylic acids is 1. The number of carbonyl (C=O) groups is 1. The van der Waals surface area contributed by atoms with Crippen LogP contribution in [0.1, 0.15) is 10.4 Å². The van der Waals surface area contributed by atoms with Crippen molar-refractivity contribution in [1.29, 1.82) is 0 Å². The first kappa shape index (κ1) is 15.4. The Balaban J connectivity index is 2.20. The van der Waals surface area contributed by atoms with Gasteiger partial charge >= 0.3 is 0 Å². The molecule has 0 atom stereocenters. The van der Waals surface area contributed by atoms with Crippen LogP contribution in [-0.4, -0.2) is 20.0 Å². The van der Waals surface area contributed by atoms with E-state index < -0.39 is 17.5 Å². The van der Waals surface area contributed by atoms with Crippen molar-refractivity contribution >= 4 is 33.2 Å². The average Bonchev–Trinajstić information content (AvgIpc) is 2.44. The smallest absolute Gasteiger partial charge is 0.255 e. The summed E-state index contributed by atoms with van der Waals surface area (Å²) in [5.74, 6) is -1.85. The Bertz CT molecular complexity index is 672. The van der Waals surface area contributed by atoms with E-state index in [1.165, 1.54) is 0 Å². The van der Waals surface area contributed by atoms with Crippen LogP contribution in [0.3, 0.4) is 0 Å². The van der Waals surface area contributed by atoms with Gasteiger partial charge < -0.3 is 10.2 Å². The number of nitrogens with zero attached hydrogens (tertiary/aromatic N) is 1. The van der Waals surface area contributed by atoms with E-state index in [2.05, 4.69) is 21.2 Å². The number of halogens is 3. The minimum absolute atomic E-state index is 0.00772. The molecule has 0 aliphatic carbocycles. The second-order valence-corrected chi connectivity index (χ2v) is 5.50. The molecule has 0 saturated heterocycles. The molecule has 3 nitrogen and oxygen atoms in total. The molecule has 1 N–H and O–H groups in total. The highest BCUT2D eigenvalue weighted by molar-refractivity contribution is 9.10. The van der Waals surface area contributed by atoms with Crippen LogP contribution >= 0.6 is 15.9 Å². The maximum absolute atomic E-state index is 13.7. The van der Waals surface area contributed by atoms with Gasteiger partial charge in [0.05, 0.1) is 10.2 Å². The van der Waals surface area contributed by atoms with Crippen LogP contribution in [0.5, 0.6) is 0 Å². The minimum atomic E-state index is -0.707. The minimum Gasteiger partial charge on any atom is -0.378 e. The molecule has 0 bridgehead atoms. The van der Waals surface area contributed by atoms with Gasteiger partial charge in [0.2, 0.25) is 0 Å². The van der Waals surface area contributed by atoms with E-state index in [-0.39, 0.29) is 10.2 Å². The van der Waals surface area contributed by atoms with Gasteiger partial charge in [0.15, 0.2) is 0 Å². The molecule has 0 aliphatic heterocycles. The van der Waals surface area contributed by atoms with E-state index in [1.807, 2.05) is 19.0 Å². The molecule has 2 aromatic carbocycles. The number of hydrogen-bond acceptors (Lipinski definition) is 2. The van der Waals surface area contributed by atoms with Gasteiger partial charge in [-0.05, 0) is 46.3 Å². The maximum Gasteiger partial charge on any atom is 0.255 e. The lowest BCUT2D eigenvalue weighted by Gasteiger charge is -2.13. The first-order chi connectivity index (χ1) is 9.88. The first-order valence-corrected chi connectivity index (χ1v) is 6.91. The maximum atomic E-state index is 13.7. The summed E-state index contributed by atoms with van der Waals surface area (Å²) in [5.41, 5.74) is 1.10. The van der Waals surface area contributed by atoms with Gasteiger partial charge in [-0.25, -0.2) is 8.78 Å². The van der Waals surface area contributed by atoms with Crippen molar-refractivity contribution < 1.29 is 13.6 Å². The number of anilines is 2. The van der Waals surface area contributed by atoms with Gasteiger partial charge in [0.1, 0.15) is 11.6 Å². The van der Waals surface area contributed by atoms with E-state index in [0.29, 0.717) is 5.56 Å². The third-order valence-electron chi connectivity index (χ3n) is 2.90. The van der Waals surface area contributed by atoms with Gasteiger partial charge in [-0.3, -0.25) is 4.79 Å². The Morgan fingerprint density at radius 1 is 1.10 bits per heavy atom. The van der Waals surface area contributed by atoms with Crippen LogP contribution in [0.25, 0.3) is 0 Å². The SMILES string of the molecule is CN(C)c1ccc(C(=O)Nc2cc(F)c(Br)cc2F)cc1. The largest absolute Gasteiger partial charge is 0.378 e. The summed E-state index contributed by atoms with van der Waals surface area (Å²) in [6.07, 6.45) is 0. The third-order valence-corrected chi connectivity index (χ3v) is 3.51. The van der Waals surface area contributed by atoms with E-state index in [4.69, 9.17) is 0 Å². The topological polar surface area (TPSA) is 32.3 Å². The molecule has 1 amide bonds. The van der Waals surface area contributed by atoms with Crippen molar-refractivity contribution in [3.8, 4) is 0 Å². The number of amides is 1. The summed E-state index contributed by atoms with van der Waals surface area (Å²) < 4.78 is 27.0. The van der Waals surface area contributed by atoms with Crippen LogP contribution in [-0.2, 0) is 0 Å². The summed E-state index contributed by atoms with van der Waals surface area (Å²) in [7, 11) is 3.77. The average molecular weight is 355 g/mol. The van der Waals surface area contributed by atoms with Crippen LogP contribution in [0, 0.1) is 11.6 Å². The highest BCUT2D eigenvalue weighted by atomic mass is 79.9. The lowest BCUT2D eigenvalue weighted by molar-refractivity contribution is 0.102. The van der Waals surface area contributed by atoms with Crippen molar-refractivity contribution in [3.63, 3.8) is 0 Å². The molecule has 0 saturated carbocycles. The van der Waals surface area contributed by atoms with Gasteiger partial charge in [0.25, 0.3) is 5.91 Å². The molecule has 2 aromatic rings. The molecule has 0 heterocycles. The molecule has 0 spiro atoms. The molecule has 2 rings (SSSR count). The van der Waals surface area contributed by atoms with E-state index in [0.717, 1.165) is 17.8 Å². The van der Waals surface area contributed by atoms with Crippen molar-refractivity contribution in [2.75, 3.05) is 24.3 Å². The number of rotatable bonds is 3. The van der Waals surface area contributed by atoms with Crippen LogP contribution < -0.4 is 10.2 Å². The van der Waals surface area contributed by atoms with Crippen LogP contribution in [0.2, 0.25) is 0 Å². The molecule has 21 heavy (non-hydrogen) atoms. The van der Waals surface area contributed by atoms with Crippen molar-refractivity contribution in [1.82, 2.24) is 0 Å². The Hall–Kier alpha value is -1.95. The first-order valence-electron chi connectivity index (χ1n) is 6.12. The summed E-state index contributed by atoms with van der Waals surface area (Å²) in [6.45, 7) is 0. The second kappa shape index (κ2) is 6.22. The summed E-state index contributed by atoms with van der Waals surface area (Å²) in [4.78, 5) is 13.9.